The van der Waals surface area contributed by atoms with Crippen molar-refractivity contribution in [1.82, 2.24) is 19.5 Å². The van der Waals surface area contributed by atoms with Crippen LogP contribution in [0.4, 0.5) is 5.69 Å². The zero-order valence-electron chi connectivity index (χ0n) is 16.3. The van der Waals surface area contributed by atoms with Crippen molar-refractivity contribution in [2.45, 2.75) is 25.7 Å². The van der Waals surface area contributed by atoms with Crippen LogP contribution in [0.3, 0.4) is 0 Å². The van der Waals surface area contributed by atoms with Gasteiger partial charge in [-0.15, -0.1) is 0 Å². The predicted octanol–water partition coefficient (Wildman–Crippen LogP) is 0.864. The smallest absolute Gasteiger partial charge is 0.257 e. The maximum Gasteiger partial charge on any atom is 0.257 e. The van der Waals surface area contributed by atoms with Crippen molar-refractivity contribution in [1.29, 1.82) is 0 Å². The monoisotopic (exact) mass is 384 g/mol. The normalized spacial score (nSPS) is 18.9. The molecular formula is C19H28N8O. The highest BCUT2D eigenvalue weighted by Gasteiger charge is 2.29. The summed E-state index contributed by atoms with van der Waals surface area (Å²) in [6, 6.07) is 4.16. The van der Waals surface area contributed by atoms with Gasteiger partial charge in [0, 0.05) is 51.0 Å². The number of carbonyl (C=O) groups excluding carboxylic acids is 1. The van der Waals surface area contributed by atoms with Gasteiger partial charge >= 0.3 is 0 Å². The Morgan fingerprint density at radius 2 is 1.96 bits per heavy atom. The first-order valence-corrected chi connectivity index (χ1v) is 9.86. The van der Waals surface area contributed by atoms with E-state index in [2.05, 4.69) is 27.2 Å². The van der Waals surface area contributed by atoms with Crippen molar-refractivity contribution in [2.24, 2.45) is 22.7 Å². The number of anilines is 1. The second kappa shape index (κ2) is 7.67. The molecule has 2 aliphatic rings. The molecule has 2 aromatic heterocycles. The van der Waals surface area contributed by atoms with Crippen LogP contribution < -0.4 is 16.6 Å². The van der Waals surface area contributed by atoms with Crippen LogP contribution in [0, 0.1) is 5.92 Å². The third kappa shape index (κ3) is 3.37. The van der Waals surface area contributed by atoms with Crippen LogP contribution >= 0.6 is 0 Å². The Bertz CT molecular complexity index is 875. The van der Waals surface area contributed by atoms with Gasteiger partial charge < -0.3 is 15.6 Å². The number of hydrazone groups is 1. The molecule has 2 aliphatic heterocycles. The molecule has 0 atom stereocenters. The van der Waals surface area contributed by atoms with Crippen LogP contribution in [0.25, 0.3) is 5.52 Å². The second-order valence-corrected chi connectivity index (χ2v) is 7.63. The highest BCUT2D eigenvalue weighted by molar-refractivity contribution is 6.01. The fourth-order valence-corrected chi connectivity index (χ4v) is 4.30. The third-order valence-electron chi connectivity index (χ3n) is 5.85. The van der Waals surface area contributed by atoms with E-state index < -0.39 is 0 Å². The van der Waals surface area contributed by atoms with Crippen molar-refractivity contribution in [3.8, 4) is 0 Å². The number of nitrogens with zero attached hydrogens (tertiary/aromatic N) is 6. The average Bonchev–Trinajstić information content (AvgIpc) is 3.38. The molecule has 0 aromatic carbocycles. The van der Waals surface area contributed by atoms with Crippen LogP contribution in [0.15, 0.2) is 29.6 Å². The number of hydrazine groups is 1. The molecule has 9 heteroatoms. The number of likely N-dealkylation sites (tertiary alicyclic amines) is 1. The Morgan fingerprint density at radius 3 is 2.61 bits per heavy atom. The summed E-state index contributed by atoms with van der Waals surface area (Å²) in [6.45, 7) is 3.45. The van der Waals surface area contributed by atoms with E-state index >= 15 is 0 Å². The Balaban J connectivity index is 1.51. The summed E-state index contributed by atoms with van der Waals surface area (Å²) < 4.78 is 1.78. The molecule has 2 fully saturated rings. The minimum absolute atomic E-state index is 0.0272. The van der Waals surface area contributed by atoms with Gasteiger partial charge in [-0.3, -0.25) is 9.80 Å². The zero-order chi connectivity index (χ0) is 19.7. The lowest BCUT2D eigenvalue weighted by atomic mass is 9.95. The Kier molecular flexibility index (Phi) is 5.08. The maximum atomic E-state index is 13.2. The summed E-state index contributed by atoms with van der Waals surface area (Å²) >= 11 is 0. The van der Waals surface area contributed by atoms with E-state index in [1.165, 1.54) is 17.9 Å². The van der Waals surface area contributed by atoms with Crippen LogP contribution in [0.1, 0.15) is 36.0 Å². The van der Waals surface area contributed by atoms with Gasteiger partial charge in [0.2, 0.25) is 0 Å². The number of rotatable bonds is 3. The van der Waals surface area contributed by atoms with E-state index in [4.69, 9.17) is 11.7 Å². The molecule has 2 aromatic rings. The molecule has 4 heterocycles. The van der Waals surface area contributed by atoms with E-state index in [1.807, 2.05) is 11.1 Å². The number of piperidine rings is 1. The van der Waals surface area contributed by atoms with E-state index in [1.54, 1.807) is 17.8 Å². The van der Waals surface area contributed by atoms with Gasteiger partial charge in [-0.2, -0.15) is 10.2 Å². The Hall–Kier alpha value is -2.81. The molecule has 0 unspecified atom stereocenters. The maximum absolute atomic E-state index is 13.2. The summed E-state index contributed by atoms with van der Waals surface area (Å²) in [4.78, 5) is 17.4. The lowest BCUT2D eigenvalue weighted by Crippen LogP contribution is -2.45. The minimum atomic E-state index is 0.0272. The molecule has 0 saturated carbocycles. The summed E-state index contributed by atoms with van der Waals surface area (Å²) in [5.41, 5.74) is 2.68. The highest BCUT2D eigenvalue weighted by Crippen LogP contribution is 2.25. The largest absolute Gasteiger partial charge is 0.371 e. The lowest BCUT2D eigenvalue weighted by Gasteiger charge is -2.33. The summed E-state index contributed by atoms with van der Waals surface area (Å²) in [5, 5.41) is 9.65. The second-order valence-electron chi connectivity index (χ2n) is 7.63. The molecule has 0 spiro atoms. The first-order chi connectivity index (χ1) is 13.6. The molecule has 0 radical (unpaired) electrons. The summed E-state index contributed by atoms with van der Waals surface area (Å²) in [5.74, 6) is 12.2. The predicted molar refractivity (Wildman–Crippen MR) is 109 cm³/mol. The fraction of sp³-hybridized carbons (Fsp3) is 0.526. The van der Waals surface area contributed by atoms with E-state index in [0.717, 1.165) is 37.1 Å². The van der Waals surface area contributed by atoms with Crippen LogP contribution in [-0.2, 0) is 0 Å². The zero-order valence-corrected chi connectivity index (χ0v) is 16.3. The van der Waals surface area contributed by atoms with Crippen molar-refractivity contribution in [2.75, 3.05) is 38.1 Å². The molecule has 9 nitrogen and oxygen atoms in total. The molecule has 28 heavy (non-hydrogen) atoms. The first-order valence-electron chi connectivity index (χ1n) is 9.86. The van der Waals surface area contributed by atoms with E-state index in [-0.39, 0.29) is 11.8 Å². The summed E-state index contributed by atoms with van der Waals surface area (Å²) in [7, 11) is 1.74. The van der Waals surface area contributed by atoms with Gasteiger partial charge in [0.25, 0.3) is 5.91 Å². The van der Waals surface area contributed by atoms with Crippen molar-refractivity contribution in [3.63, 3.8) is 0 Å². The van der Waals surface area contributed by atoms with Crippen LogP contribution in [0.2, 0.25) is 0 Å². The first kappa shape index (κ1) is 18.5. The van der Waals surface area contributed by atoms with Gasteiger partial charge in [-0.1, -0.05) is 0 Å². The number of hydrogen-bond donors (Lipinski definition) is 2. The van der Waals surface area contributed by atoms with Crippen molar-refractivity contribution in [3.05, 3.63) is 30.1 Å². The number of fused-ring (bicyclic) bond motifs is 1. The molecule has 0 aliphatic carbocycles. The van der Waals surface area contributed by atoms with Gasteiger partial charge in [-0.05, 0) is 37.8 Å². The van der Waals surface area contributed by atoms with Crippen LogP contribution in [-0.4, -0.2) is 64.5 Å². The number of amides is 1. The molecule has 0 bridgehead atoms. The number of pyridine rings is 1. The molecule has 4 N–H and O–H groups in total. The van der Waals surface area contributed by atoms with E-state index in [9.17, 15) is 4.79 Å². The van der Waals surface area contributed by atoms with Gasteiger partial charge in [0.15, 0.2) is 0 Å². The van der Waals surface area contributed by atoms with Crippen molar-refractivity contribution >= 4 is 22.9 Å². The van der Waals surface area contributed by atoms with Crippen LogP contribution in [0.5, 0.6) is 0 Å². The quantitative estimate of drug-likeness (QED) is 0.352. The van der Waals surface area contributed by atoms with Gasteiger partial charge in [0.1, 0.15) is 5.84 Å². The standard InChI is InChI=1S/C19H28N8O/c1-24(21)18(23-20)14-4-9-26(10-5-14)19(28)16-13-22-27-11-6-15(12-17(16)27)25-7-2-3-8-25/h6,11-14H,2-5,7-10,20-21H2,1H3/b23-18-. The molecule has 150 valence electrons. The lowest BCUT2D eigenvalue weighted by molar-refractivity contribution is 0.0709. The minimum Gasteiger partial charge on any atom is -0.371 e. The molecule has 2 saturated heterocycles. The highest BCUT2D eigenvalue weighted by atomic mass is 16.2. The number of nitrogens with two attached hydrogens (primary N) is 2. The SMILES string of the molecule is CN(N)/C(=N\N)C1CCN(C(=O)c2cnn3ccc(N4CCCC4)cc23)CC1. The number of hydrogen-bond acceptors (Lipinski definition) is 6. The Labute approximate surface area is 164 Å². The topological polar surface area (TPSA) is 108 Å². The van der Waals surface area contributed by atoms with Gasteiger partial charge in [0.05, 0.1) is 17.3 Å². The van der Waals surface area contributed by atoms with Gasteiger partial charge in [-0.25, -0.2) is 10.4 Å². The summed E-state index contributed by atoms with van der Waals surface area (Å²) in [6.07, 6.45) is 7.64. The van der Waals surface area contributed by atoms with E-state index in [0.29, 0.717) is 24.5 Å². The molecule has 4 rings (SSSR count). The Morgan fingerprint density at radius 1 is 1.25 bits per heavy atom. The number of amidine groups is 1. The number of carbonyl (C=O) groups is 1. The fourth-order valence-electron chi connectivity index (χ4n) is 4.30. The number of aromatic nitrogens is 2. The van der Waals surface area contributed by atoms with Crippen molar-refractivity contribution < 1.29 is 4.79 Å². The molecular weight excluding hydrogens is 356 g/mol. The molecule has 1 amide bonds. The third-order valence-corrected chi connectivity index (χ3v) is 5.85. The average molecular weight is 384 g/mol.